The summed E-state index contributed by atoms with van der Waals surface area (Å²) < 4.78 is 33.0. The molecule has 0 aliphatic rings. The Morgan fingerprint density at radius 3 is 2.44 bits per heavy atom. The molecule has 0 bridgehead atoms. The van der Waals surface area contributed by atoms with Crippen molar-refractivity contribution < 1.29 is 23.1 Å². The first-order valence-corrected chi connectivity index (χ1v) is 10.0. The Balaban J connectivity index is 2.02. The van der Waals surface area contributed by atoms with Gasteiger partial charge in [-0.1, -0.05) is 17.7 Å². The van der Waals surface area contributed by atoms with Crippen molar-refractivity contribution in [3.05, 3.63) is 53.6 Å². The molecule has 0 fully saturated rings. The summed E-state index contributed by atoms with van der Waals surface area (Å²) in [5.74, 6) is 0.127. The van der Waals surface area contributed by atoms with E-state index in [4.69, 9.17) is 9.84 Å². The van der Waals surface area contributed by atoms with E-state index in [1.54, 1.807) is 19.1 Å². The topological polar surface area (TPSA) is 105 Å². The molecular weight excluding hydrogens is 368 g/mol. The summed E-state index contributed by atoms with van der Waals surface area (Å²) in [5.41, 5.74) is 2.12. The molecule has 0 heterocycles. The van der Waals surface area contributed by atoms with Crippen LogP contribution in [-0.4, -0.2) is 39.2 Å². The molecule has 0 saturated carbocycles. The second-order valence-electron chi connectivity index (χ2n) is 6.11. The van der Waals surface area contributed by atoms with Gasteiger partial charge in [-0.15, -0.1) is 0 Å². The maximum atomic E-state index is 12.5. The average Bonchev–Trinajstić information content (AvgIpc) is 2.62. The van der Waals surface area contributed by atoms with Gasteiger partial charge in [0.25, 0.3) is 15.9 Å². The van der Waals surface area contributed by atoms with E-state index in [1.807, 2.05) is 19.1 Å². The number of carbonyl (C=O) groups excluding carboxylic acids is 1. The van der Waals surface area contributed by atoms with Gasteiger partial charge >= 0.3 is 0 Å². The van der Waals surface area contributed by atoms with Crippen LogP contribution in [0, 0.1) is 13.8 Å². The van der Waals surface area contributed by atoms with Crippen LogP contribution < -0.4 is 14.8 Å². The van der Waals surface area contributed by atoms with Crippen LogP contribution in [0.1, 0.15) is 17.5 Å². The third-order valence-corrected chi connectivity index (χ3v) is 5.16. The Bertz CT molecular complexity index is 879. The van der Waals surface area contributed by atoms with E-state index in [0.717, 1.165) is 5.56 Å². The number of hydrogen-bond donors (Lipinski definition) is 3. The van der Waals surface area contributed by atoms with E-state index in [9.17, 15) is 13.2 Å². The summed E-state index contributed by atoms with van der Waals surface area (Å²) in [6.45, 7) is 3.84. The molecule has 8 heteroatoms. The van der Waals surface area contributed by atoms with Crippen molar-refractivity contribution >= 4 is 21.6 Å². The van der Waals surface area contributed by atoms with E-state index in [1.165, 1.54) is 18.2 Å². The molecule has 0 spiro atoms. The smallest absolute Gasteiger partial charge is 0.261 e. The number of anilines is 1. The maximum absolute atomic E-state index is 12.5. The highest BCUT2D eigenvalue weighted by Crippen LogP contribution is 2.23. The molecule has 2 aromatic carbocycles. The molecule has 0 aliphatic heterocycles. The highest BCUT2D eigenvalue weighted by atomic mass is 32.2. The van der Waals surface area contributed by atoms with Crippen LogP contribution in [0.15, 0.2) is 47.4 Å². The number of rotatable bonds is 9. The molecule has 0 saturated heterocycles. The zero-order valence-corrected chi connectivity index (χ0v) is 16.2. The first-order chi connectivity index (χ1) is 12.8. The predicted molar refractivity (Wildman–Crippen MR) is 103 cm³/mol. The number of aliphatic hydroxyl groups is 1. The van der Waals surface area contributed by atoms with Crippen molar-refractivity contribution in [2.24, 2.45) is 0 Å². The molecule has 0 unspecified atom stereocenters. The van der Waals surface area contributed by atoms with Gasteiger partial charge in [-0.25, -0.2) is 8.42 Å². The fourth-order valence-electron chi connectivity index (χ4n) is 2.29. The first-order valence-electron chi connectivity index (χ1n) is 8.52. The lowest BCUT2D eigenvalue weighted by Gasteiger charge is -2.12. The summed E-state index contributed by atoms with van der Waals surface area (Å²) in [4.78, 5) is 11.7. The first kappa shape index (κ1) is 20.7. The predicted octanol–water partition coefficient (Wildman–Crippen LogP) is 1.98. The van der Waals surface area contributed by atoms with Gasteiger partial charge in [-0.3, -0.25) is 9.52 Å². The van der Waals surface area contributed by atoms with Crippen molar-refractivity contribution in [1.82, 2.24) is 5.32 Å². The normalized spacial score (nSPS) is 11.1. The molecule has 1 amide bonds. The second kappa shape index (κ2) is 9.38. The van der Waals surface area contributed by atoms with E-state index < -0.39 is 10.0 Å². The van der Waals surface area contributed by atoms with Crippen molar-refractivity contribution in [3.63, 3.8) is 0 Å². The number of aryl methyl sites for hydroxylation is 2. The molecule has 3 N–H and O–H groups in total. The second-order valence-corrected chi connectivity index (χ2v) is 7.80. The molecule has 2 rings (SSSR count). The number of ether oxygens (including phenoxy) is 1. The highest BCUT2D eigenvalue weighted by Gasteiger charge is 2.16. The fourth-order valence-corrected chi connectivity index (χ4v) is 3.43. The Hall–Kier alpha value is -2.58. The van der Waals surface area contributed by atoms with Crippen molar-refractivity contribution in [2.45, 2.75) is 25.2 Å². The molecule has 0 radical (unpaired) electrons. The van der Waals surface area contributed by atoms with Crippen molar-refractivity contribution in [1.29, 1.82) is 0 Å². The van der Waals surface area contributed by atoms with Crippen molar-refractivity contribution in [2.75, 3.05) is 24.5 Å². The molecule has 0 atom stereocenters. The van der Waals surface area contributed by atoms with Crippen LogP contribution in [0.25, 0.3) is 0 Å². The zero-order chi connectivity index (χ0) is 19.9. The number of carbonyl (C=O) groups is 1. The molecule has 2 aromatic rings. The van der Waals surface area contributed by atoms with Gasteiger partial charge in [0.2, 0.25) is 0 Å². The van der Waals surface area contributed by atoms with E-state index in [0.29, 0.717) is 30.0 Å². The van der Waals surface area contributed by atoms with Gasteiger partial charge in [0.1, 0.15) is 5.75 Å². The van der Waals surface area contributed by atoms with Crippen LogP contribution >= 0.6 is 0 Å². The minimum atomic E-state index is -3.72. The lowest BCUT2D eigenvalue weighted by Crippen LogP contribution is -2.30. The number of sulfonamides is 1. The monoisotopic (exact) mass is 392 g/mol. The maximum Gasteiger partial charge on any atom is 0.261 e. The lowest BCUT2D eigenvalue weighted by molar-refractivity contribution is -0.123. The third-order valence-electron chi connectivity index (χ3n) is 3.78. The number of aliphatic hydroxyl groups excluding tert-OH is 1. The molecular formula is C19H24N2O5S. The van der Waals surface area contributed by atoms with Crippen molar-refractivity contribution in [3.8, 4) is 5.75 Å². The largest absolute Gasteiger partial charge is 0.484 e. The zero-order valence-electron chi connectivity index (χ0n) is 15.4. The lowest BCUT2D eigenvalue weighted by atomic mass is 10.2. The molecule has 146 valence electrons. The van der Waals surface area contributed by atoms with Gasteiger partial charge in [0.05, 0.1) is 4.90 Å². The van der Waals surface area contributed by atoms with Crippen LogP contribution in [0.4, 0.5) is 5.69 Å². The standard InChI is InChI=1S/C19H24N2O5S/c1-14-4-6-16(7-5-14)21-27(24,25)17-8-9-18(15(2)12-17)26-13-19(23)20-10-3-11-22/h4-9,12,21-22H,3,10-11,13H2,1-2H3,(H,20,23). The minimum Gasteiger partial charge on any atom is -0.484 e. The summed E-state index contributed by atoms with van der Waals surface area (Å²) >= 11 is 0. The molecule has 27 heavy (non-hydrogen) atoms. The van der Waals surface area contributed by atoms with Crippen LogP contribution in [0.5, 0.6) is 5.75 Å². The number of nitrogens with one attached hydrogen (secondary N) is 2. The van der Waals surface area contributed by atoms with Gasteiger partial charge in [0, 0.05) is 18.8 Å². The Morgan fingerprint density at radius 1 is 1.11 bits per heavy atom. The van der Waals surface area contributed by atoms with E-state index in [2.05, 4.69) is 10.0 Å². The van der Waals surface area contributed by atoms with Crippen LogP contribution in [0.3, 0.4) is 0 Å². The van der Waals surface area contributed by atoms with Gasteiger partial charge < -0.3 is 15.2 Å². The van der Waals surface area contributed by atoms with Crippen LogP contribution in [-0.2, 0) is 14.8 Å². The average molecular weight is 392 g/mol. The Labute approximate surface area is 159 Å². The van der Waals surface area contributed by atoms with Gasteiger partial charge in [-0.2, -0.15) is 0 Å². The summed E-state index contributed by atoms with van der Waals surface area (Å²) in [6.07, 6.45) is 0.477. The van der Waals surface area contributed by atoms with E-state index in [-0.39, 0.29) is 24.0 Å². The Kier molecular flexibility index (Phi) is 7.20. The number of amides is 1. The highest BCUT2D eigenvalue weighted by molar-refractivity contribution is 7.92. The molecule has 0 aliphatic carbocycles. The fraction of sp³-hybridized carbons (Fsp3) is 0.316. The quantitative estimate of drug-likeness (QED) is 0.566. The molecule has 7 nitrogen and oxygen atoms in total. The number of hydrogen-bond acceptors (Lipinski definition) is 5. The minimum absolute atomic E-state index is 0.00675. The number of benzene rings is 2. The van der Waals surface area contributed by atoms with E-state index >= 15 is 0 Å². The summed E-state index contributed by atoms with van der Waals surface area (Å²) in [6, 6.07) is 11.5. The third kappa shape index (κ3) is 6.26. The SMILES string of the molecule is Cc1ccc(NS(=O)(=O)c2ccc(OCC(=O)NCCCO)c(C)c2)cc1. The molecule has 0 aromatic heterocycles. The summed E-state index contributed by atoms with van der Waals surface area (Å²) in [7, 11) is -3.72. The van der Waals surface area contributed by atoms with Crippen LogP contribution in [0.2, 0.25) is 0 Å². The van der Waals surface area contributed by atoms with Gasteiger partial charge in [-0.05, 0) is 56.2 Å². The summed E-state index contributed by atoms with van der Waals surface area (Å²) in [5, 5.41) is 11.3. The Morgan fingerprint density at radius 2 is 1.81 bits per heavy atom. The van der Waals surface area contributed by atoms with Gasteiger partial charge in [0.15, 0.2) is 6.61 Å².